The van der Waals surface area contributed by atoms with Crippen LogP contribution in [0.1, 0.15) is 40.5 Å². The lowest BCUT2D eigenvalue weighted by molar-refractivity contribution is -0.117. The normalized spacial score (nSPS) is 16.5. The molecule has 3 aromatic carbocycles. The summed E-state index contributed by atoms with van der Waals surface area (Å²) < 4.78 is 16.6. The second-order valence-corrected chi connectivity index (χ2v) is 8.35. The molecule has 0 radical (unpaired) electrons. The third kappa shape index (κ3) is 3.68. The Morgan fingerprint density at radius 2 is 1.59 bits per heavy atom. The molecule has 0 unspecified atom stereocenters. The second-order valence-electron chi connectivity index (χ2n) is 8.35. The van der Waals surface area contributed by atoms with Crippen LogP contribution in [-0.4, -0.2) is 33.2 Å². The molecule has 0 aliphatic heterocycles. The number of carbonyl (C=O) groups excluding carboxylic acids is 1. The molecule has 2 aliphatic rings. The summed E-state index contributed by atoms with van der Waals surface area (Å²) in [5.74, 6) is 0.262. The number of rotatable bonds is 6. The summed E-state index contributed by atoms with van der Waals surface area (Å²) in [6, 6.07) is 22.7. The third-order valence-electron chi connectivity index (χ3n) is 6.65. The number of benzene rings is 3. The highest BCUT2D eigenvalue weighted by molar-refractivity contribution is 5.85. The van der Waals surface area contributed by atoms with Crippen LogP contribution in [0.5, 0.6) is 0 Å². The van der Waals surface area contributed by atoms with Gasteiger partial charge in [0.15, 0.2) is 6.29 Å². The van der Waals surface area contributed by atoms with E-state index in [9.17, 15) is 4.79 Å². The van der Waals surface area contributed by atoms with Crippen LogP contribution in [0.2, 0.25) is 0 Å². The van der Waals surface area contributed by atoms with Gasteiger partial charge in [-0.3, -0.25) is 5.32 Å². The minimum Gasteiger partial charge on any atom is -0.448 e. The van der Waals surface area contributed by atoms with Crippen molar-refractivity contribution in [2.24, 2.45) is 0 Å². The van der Waals surface area contributed by atoms with Gasteiger partial charge in [-0.1, -0.05) is 54.6 Å². The number of aryl methyl sites for hydroxylation is 1. The van der Waals surface area contributed by atoms with Gasteiger partial charge in [-0.15, -0.1) is 0 Å². The molecule has 0 heterocycles. The van der Waals surface area contributed by atoms with E-state index < -0.39 is 6.09 Å². The molecule has 1 atom stereocenters. The highest BCUT2D eigenvalue weighted by Crippen LogP contribution is 2.44. The Bertz CT molecular complexity index is 1090. The van der Waals surface area contributed by atoms with Gasteiger partial charge in [0.25, 0.3) is 0 Å². The molecular weight excluding hydrogens is 402 g/mol. The number of amides is 1. The quantitative estimate of drug-likeness (QED) is 0.511. The number of anilines is 1. The van der Waals surface area contributed by atoms with E-state index in [0.29, 0.717) is 6.61 Å². The molecule has 164 valence electrons. The molecule has 5 rings (SSSR count). The molecule has 5 heteroatoms. The average molecular weight is 430 g/mol. The zero-order chi connectivity index (χ0) is 22.1. The number of methoxy groups -OCH3 is 2. The van der Waals surface area contributed by atoms with Crippen molar-refractivity contribution in [2.45, 2.75) is 31.0 Å². The first-order valence-corrected chi connectivity index (χ1v) is 11.0. The van der Waals surface area contributed by atoms with Crippen molar-refractivity contribution < 1.29 is 19.0 Å². The van der Waals surface area contributed by atoms with E-state index in [1.165, 1.54) is 33.4 Å². The SMILES string of the molecule is COC(OC)[C@@H]1CCc2cc(NC(=O)OCC3c4ccccc4-c4ccccc43)ccc21. The monoisotopic (exact) mass is 429 g/mol. The Hall–Kier alpha value is -3.15. The zero-order valence-corrected chi connectivity index (χ0v) is 18.3. The van der Waals surface area contributed by atoms with E-state index in [1.807, 2.05) is 36.4 Å². The smallest absolute Gasteiger partial charge is 0.411 e. The zero-order valence-electron chi connectivity index (χ0n) is 18.3. The van der Waals surface area contributed by atoms with Gasteiger partial charge >= 0.3 is 6.09 Å². The van der Waals surface area contributed by atoms with Crippen LogP contribution in [0.3, 0.4) is 0 Å². The van der Waals surface area contributed by atoms with Crippen molar-refractivity contribution in [3.8, 4) is 11.1 Å². The predicted molar refractivity (Wildman–Crippen MR) is 124 cm³/mol. The summed E-state index contributed by atoms with van der Waals surface area (Å²) >= 11 is 0. The lowest BCUT2D eigenvalue weighted by Crippen LogP contribution is -2.21. The Morgan fingerprint density at radius 1 is 0.938 bits per heavy atom. The minimum absolute atomic E-state index is 0.0500. The second kappa shape index (κ2) is 8.77. The Kier molecular flexibility index (Phi) is 5.68. The molecule has 0 saturated heterocycles. The van der Waals surface area contributed by atoms with Gasteiger partial charge < -0.3 is 14.2 Å². The van der Waals surface area contributed by atoms with Crippen molar-refractivity contribution in [1.29, 1.82) is 0 Å². The molecule has 2 aliphatic carbocycles. The standard InChI is InChI=1S/C27H27NO4/c1-30-26(31-2)24-13-11-17-15-18(12-14-19(17)24)28-27(29)32-16-25-22-9-5-3-7-20(22)21-8-4-6-10-23(21)25/h3-10,12,14-15,24-26H,11,13,16H2,1-2H3,(H,28,29)/t24-/m1/s1. The van der Waals surface area contributed by atoms with Crippen LogP contribution in [-0.2, 0) is 20.6 Å². The first-order valence-electron chi connectivity index (χ1n) is 11.0. The number of fused-ring (bicyclic) bond motifs is 4. The molecular formula is C27H27NO4. The summed E-state index contributed by atoms with van der Waals surface area (Å²) in [4.78, 5) is 12.6. The first kappa shape index (κ1) is 20.7. The van der Waals surface area contributed by atoms with E-state index in [1.54, 1.807) is 14.2 Å². The van der Waals surface area contributed by atoms with Gasteiger partial charge in [0, 0.05) is 31.7 Å². The Morgan fingerprint density at radius 3 is 2.25 bits per heavy atom. The largest absolute Gasteiger partial charge is 0.448 e. The van der Waals surface area contributed by atoms with Gasteiger partial charge in [-0.2, -0.15) is 0 Å². The summed E-state index contributed by atoms with van der Waals surface area (Å²) in [5.41, 5.74) is 8.02. The summed E-state index contributed by atoms with van der Waals surface area (Å²) in [7, 11) is 3.33. The minimum atomic E-state index is -0.437. The van der Waals surface area contributed by atoms with Crippen molar-refractivity contribution in [1.82, 2.24) is 0 Å². The van der Waals surface area contributed by atoms with E-state index in [4.69, 9.17) is 14.2 Å². The fraction of sp³-hybridized carbons (Fsp3) is 0.296. The van der Waals surface area contributed by atoms with Crippen LogP contribution >= 0.6 is 0 Å². The fourth-order valence-electron chi connectivity index (χ4n) is 5.19. The van der Waals surface area contributed by atoms with Crippen LogP contribution in [0.15, 0.2) is 66.7 Å². The molecule has 1 amide bonds. The maximum absolute atomic E-state index is 12.6. The van der Waals surface area contributed by atoms with E-state index in [0.717, 1.165) is 18.5 Å². The van der Waals surface area contributed by atoms with E-state index >= 15 is 0 Å². The highest BCUT2D eigenvalue weighted by Gasteiger charge is 2.31. The number of nitrogens with one attached hydrogen (secondary N) is 1. The van der Waals surface area contributed by atoms with Gasteiger partial charge in [0.05, 0.1) is 0 Å². The Balaban J connectivity index is 1.26. The van der Waals surface area contributed by atoms with Crippen LogP contribution in [0.25, 0.3) is 11.1 Å². The molecule has 0 fully saturated rings. The van der Waals surface area contributed by atoms with Crippen LogP contribution in [0.4, 0.5) is 10.5 Å². The predicted octanol–water partition coefficient (Wildman–Crippen LogP) is 5.70. The third-order valence-corrected chi connectivity index (χ3v) is 6.65. The lowest BCUT2D eigenvalue weighted by atomic mass is 9.98. The van der Waals surface area contributed by atoms with Gasteiger partial charge in [-0.05, 0) is 58.4 Å². The summed E-state index contributed by atoms with van der Waals surface area (Å²) in [6.45, 7) is 0.302. The average Bonchev–Trinajstić information content (AvgIpc) is 3.38. The molecule has 0 aromatic heterocycles. The van der Waals surface area contributed by atoms with E-state index in [-0.39, 0.29) is 18.1 Å². The van der Waals surface area contributed by atoms with Crippen molar-refractivity contribution in [3.63, 3.8) is 0 Å². The molecule has 3 aromatic rings. The van der Waals surface area contributed by atoms with Crippen LogP contribution in [0, 0.1) is 0 Å². The Labute approximate surface area is 188 Å². The molecule has 0 spiro atoms. The van der Waals surface area contributed by atoms with Crippen molar-refractivity contribution in [3.05, 3.63) is 89.0 Å². The van der Waals surface area contributed by atoms with Gasteiger partial charge in [0.2, 0.25) is 0 Å². The maximum Gasteiger partial charge on any atom is 0.411 e. The van der Waals surface area contributed by atoms with Crippen molar-refractivity contribution in [2.75, 3.05) is 26.1 Å². The van der Waals surface area contributed by atoms with Gasteiger partial charge in [-0.25, -0.2) is 4.79 Å². The maximum atomic E-state index is 12.6. The van der Waals surface area contributed by atoms with E-state index in [2.05, 4.69) is 35.6 Å². The highest BCUT2D eigenvalue weighted by atomic mass is 16.7. The molecule has 1 N–H and O–H groups in total. The fourth-order valence-corrected chi connectivity index (χ4v) is 5.19. The van der Waals surface area contributed by atoms with Crippen LogP contribution < -0.4 is 5.32 Å². The molecule has 5 nitrogen and oxygen atoms in total. The number of hydrogen-bond donors (Lipinski definition) is 1. The first-order chi connectivity index (χ1) is 15.7. The number of ether oxygens (including phenoxy) is 3. The van der Waals surface area contributed by atoms with Crippen molar-refractivity contribution >= 4 is 11.8 Å². The molecule has 0 bridgehead atoms. The summed E-state index contributed by atoms with van der Waals surface area (Å²) in [6.07, 6.45) is 1.21. The topological polar surface area (TPSA) is 56.8 Å². The number of hydrogen-bond acceptors (Lipinski definition) is 4. The van der Waals surface area contributed by atoms with Gasteiger partial charge in [0.1, 0.15) is 6.61 Å². The summed E-state index contributed by atoms with van der Waals surface area (Å²) in [5, 5.41) is 2.89. The lowest BCUT2D eigenvalue weighted by Gasteiger charge is -2.21. The number of carbonyl (C=O) groups is 1. The molecule has 32 heavy (non-hydrogen) atoms. The molecule has 0 saturated carbocycles.